The van der Waals surface area contributed by atoms with Crippen molar-refractivity contribution in [3.05, 3.63) is 18.0 Å². The summed E-state index contributed by atoms with van der Waals surface area (Å²) < 4.78 is 7.16. The van der Waals surface area contributed by atoms with E-state index in [-0.39, 0.29) is 5.41 Å². The van der Waals surface area contributed by atoms with Crippen molar-refractivity contribution < 1.29 is 9.84 Å². The molecule has 1 fully saturated rings. The van der Waals surface area contributed by atoms with Crippen LogP contribution in [0.4, 0.5) is 0 Å². The maximum atomic E-state index is 10.4. The summed E-state index contributed by atoms with van der Waals surface area (Å²) in [5, 5.41) is 14.5. The van der Waals surface area contributed by atoms with E-state index in [1.54, 1.807) is 10.9 Å². The van der Waals surface area contributed by atoms with Crippen LogP contribution in [-0.2, 0) is 11.3 Å². The summed E-state index contributed by atoms with van der Waals surface area (Å²) in [4.78, 5) is 0. The molecule has 2 atom stereocenters. The standard InChI is InChI=1S/C11H19N3O2/c1-2-14-6-9(5-13-14)10(15)11(7-12)3-4-16-8-11/h5-6,10,15H,2-4,7-8,12H2,1H3. The van der Waals surface area contributed by atoms with Crippen LogP contribution in [0, 0.1) is 5.41 Å². The van der Waals surface area contributed by atoms with Gasteiger partial charge in [0.1, 0.15) is 0 Å². The SMILES string of the molecule is CCn1cc(C(O)C2(CN)CCOC2)cn1. The molecule has 2 heterocycles. The van der Waals surface area contributed by atoms with Crippen molar-refractivity contribution in [2.24, 2.45) is 11.1 Å². The Morgan fingerprint density at radius 1 is 1.75 bits per heavy atom. The molecular formula is C11H19N3O2. The molecule has 0 aromatic carbocycles. The van der Waals surface area contributed by atoms with Crippen LogP contribution in [0.2, 0.25) is 0 Å². The predicted molar refractivity (Wildman–Crippen MR) is 59.8 cm³/mol. The second kappa shape index (κ2) is 4.53. The molecule has 2 rings (SSSR count). The highest BCUT2D eigenvalue weighted by Crippen LogP contribution is 2.39. The van der Waals surface area contributed by atoms with Gasteiger partial charge >= 0.3 is 0 Å². The molecule has 1 aromatic heterocycles. The normalized spacial score (nSPS) is 27.2. The van der Waals surface area contributed by atoms with Gasteiger partial charge in [0.15, 0.2) is 0 Å². The van der Waals surface area contributed by atoms with Crippen molar-refractivity contribution in [3.63, 3.8) is 0 Å². The Hall–Kier alpha value is -0.910. The van der Waals surface area contributed by atoms with Gasteiger partial charge in [-0.2, -0.15) is 5.10 Å². The Balaban J connectivity index is 2.19. The molecule has 1 aliphatic rings. The highest BCUT2D eigenvalue weighted by molar-refractivity contribution is 5.13. The summed E-state index contributed by atoms with van der Waals surface area (Å²) in [7, 11) is 0. The molecule has 90 valence electrons. The second-order valence-corrected chi connectivity index (χ2v) is 4.40. The summed E-state index contributed by atoms with van der Waals surface area (Å²) >= 11 is 0. The van der Waals surface area contributed by atoms with Gasteiger partial charge in [-0.3, -0.25) is 4.68 Å². The summed E-state index contributed by atoms with van der Waals surface area (Å²) in [5.74, 6) is 0. The van der Waals surface area contributed by atoms with Crippen LogP contribution < -0.4 is 5.73 Å². The molecule has 5 nitrogen and oxygen atoms in total. The number of aliphatic hydroxyl groups excluding tert-OH is 1. The third kappa shape index (κ3) is 1.86. The predicted octanol–water partition coefficient (Wildman–Crippen LogP) is 0.302. The molecule has 2 unspecified atom stereocenters. The minimum Gasteiger partial charge on any atom is -0.388 e. The van der Waals surface area contributed by atoms with Gasteiger partial charge in [-0.25, -0.2) is 0 Å². The highest BCUT2D eigenvalue weighted by atomic mass is 16.5. The van der Waals surface area contributed by atoms with E-state index >= 15 is 0 Å². The molecule has 16 heavy (non-hydrogen) atoms. The van der Waals surface area contributed by atoms with Crippen molar-refractivity contribution in [1.82, 2.24) is 9.78 Å². The lowest BCUT2D eigenvalue weighted by atomic mass is 9.79. The number of aryl methyl sites for hydroxylation is 1. The largest absolute Gasteiger partial charge is 0.388 e. The van der Waals surface area contributed by atoms with E-state index < -0.39 is 6.10 Å². The molecule has 0 bridgehead atoms. The Kier molecular flexibility index (Phi) is 3.28. The topological polar surface area (TPSA) is 73.3 Å². The quantitative estimate of drug-likeness (QED) is 0.773. The van der Waals surface area contributed by atoms with Gasteiger partial charge in [0, 0.05) is 36.9 Å². The molecule has 0 amide bonds. The molecule has 1 saturated heterocycles. The average Bonchev–Trinajstić information content (AvgIpc) is 2.98. The zero-order valence-corrected chi connectivity index (χ0v) is 9.59. The van der Waals surface area contributed by atoms with Crippen molar-refractivity contribution in [3.8, 4) is 0 Å². The molecule has 0 aliphatic carbocycles. The van der Waals surface area contributed by atoms with E-state index in [4.69, 9.17) is 10.5 Å². The molecular weight excluding hydrogens is 206 g/mol. The summed E-state index contributed by atoms with van der Waals surface area (Å²) in [6.07, 6.45) is 3.81. The van der Waals surface area contributed by atoms with Gasteiger partial charge in [-0.05, 0) is 13.3 Å². The lowest BCUT2D eigenvalue weighted by Gasteiger charge is -2.30. The fourth-order valence-corrected chi connectivity index (χ4v) is 2.16. The van der Waals surface area contributed by atoms with Crippen molar-refractivity contribution in [2.45, 2.75) is 26.0 Å². The first-order valence-electron chi connectivity index (χ1n) is 5.70. The van der Waals surface area contributed by atoms with Crippen LogP contribution in [0.15, 0.2) is 12.4 Å². The van der Waals surface area contributed by atoms with Crippen LogP contribution >= 0.6 is 0 Å². The third-order valence-corrected chi connectivity index (χ3v) is 3.41. The minimum absolute atomic E-state index is 0.332. The fraction of sp³-hybridized carbons (Fsp3) is 0.727. The number of rotatable bonds is 4. The summed E-state index contributed by atoms with van der Waals surface area (Å²) in [6.45, 7) is 4.46. The number of hydrogen-bond acceptors (Lipinski definition) is 4. The zero-order chi connectivity index (χ0) is 11.6. The van der Waals surface area contributed by atoms with E-state index in [1.165, 1.54) is 0 Å². The summed E-state index contributed by atoms with van der Waals surface area (Å²) in [5.41, 5.74) is 6.28. The number of aromatic nitrogens is 2. The molecule has 1 aromatic rings. The van der Waals surface area contributed by atoms with Crippen LogP contribution in [0.1, 0.15) is 25.0 Å². The first kappa shape index (κ1) is 11.6. The molecule has 5 heteroatoms. The van der Waals surface area contributed by atoms with Gasteiger partial charge in [-0.1, -0.05) is 0 Å². The molecule has 3 N–H and O–H groups in total. The van der Waals surface area contributed by atoms with Crippen molar-refractivity contribution >= 4 is 0 Å². The van der Waals surface area contributed by atoms with Gasteiger partial charge in [0.2, 0.25) is 0 Å². The van der Waals surface area contributed by atoms with E-state index in [2.05, 4.69) is 5.10 Å². The van der Waals surface area contributed by atoms with E-state index in [1.807, 2.05) is 13.1 Å². The first-order chi connectivity index (χ1) is 7.72. The van der Waals surface area contributed by atoms with Crippen molar-refractivity contribution in [1.29, 1.82) is 0 Å². The fourth-order valence-electron chi connectivity index (χ4n) is 2.16. The molecule has 0 radical (unpaired) electrons. The Bertz CT molecular complexity index is 345. The monoisotopic (exact) mass is 225 g/mol. The van der Waals surface area contributed by atoms with Crippen LogP contribution in [0.5, 0.6) is 0 Å². The molecule has 0 spiro atoms. The number of hydrogen-bond donors (Lipinski definition) is 2. The van der Waals surface area contributed by atoms with Crippen LogP contribution in [0.3, 0.4) is 0 Å². The average molecular weight is 225 g/mol. The van der Waals surface area contributed by atoms with Gasteiger partial charge in [0.05, 0.1) is 18.9 Å². The van der Waals surface area contributed by atoms with Crippen LogP contribution in [0.25, 0.3) is 0 Å². The lowest BCUT2D eigenvalue weighted by molar-refractivity contribution is 0.0190. The van der Waals surface area contributed by atoms with Gasteiger partial charge in [-0.15, -0.1) is 0 Å². The molecule has 1 aliphatic heterocycles. The van der Waals surface area contributed by atoms with Crippen molar-refractivity contribution in [2.75, 3.05) is 19.8 Å². The Labute approximate surface area is 95.2 Å². The van der Waals surface area contributed by atoms with Crippen LogP contribution in [-0.4, -0.2) is 34.6 Å². The van der Waals surface area contributed by atoms with E-state index in [9.17, 15) is 5.11 Å². The summed E-state index contributed by atoms with van der Waals surface area (Å²) in [6, 6.07) is 0. The maximum Gasteiger partial charge on any atom is 0.0911 e. The Morgan fingerprint density at radius 2 is 2.56 bits per heavy atom. The zero-order valence-electron chi connectivity index (χ0n) is 9.59. The number of nitrogens with zero attached hydrogens (tertiary/aromatic N) is 2. The second-order valence-electron chi connectivity index (χ2n) is 4.40. The highest BCUT2D eigenvalue weighted by Gasteiger charge is 2.41. The minimum atomic E-state index is -0.583. The first-order valence-corrected chi connectivity index (χ1v) is 5.70. The van der Waals surface area contributed by atoms with E-state index in [0.29, 0.717) is 19.8 Å². The van der Waals surface area contributed by atoms with Gasteiger partial charge in [0.25, 0.3) is 0 Å². The molecule has 0 saturated carbocycles. The lowest BCUT2D eigenvalue weighted by Crippen LogP contribution is -2.37. The van der Waals surface area contributed by atoms with Gasteiger partial charge < -0.3 is 15.6 Å². The number of ether oxygens (including phenoxy) is 1. The number of nitrogens with two attached hydrogens (primary N) is 1. The van der Waals surface area contributed by atoms with E-state index in [0.717, 1.165) is 18.5 Å². The third-order valence-electron chi connectivity index (χ3n) is 3.41. The Morgan fingerprint density at radius 3 is 3.06 bits per heavy atom. The maximum absolute atomic E-state index is 10.4. The smallest absolute Gasteiger partial charge is 0.0911 e. The number of aliphatic hydroxyl groups is 1.